The number of hydrogen-bond acceptors (Lipinski definition) is 4. The second kappa shape index (κ2) is 5.75. The fraction of sp³-hybridized carbons (Fsp3) is 0.143. The van der Waals surface area contributed by atoms with Crippen LogP contribution >= 0.6 is 12.2 Å². The molecule has 0 fully saturated rings. The highest BCUT2D eigenvalue weighted by atomic mass is 32.1. The molecule has 0 aliphatic carbocycles. The predicted octanol–water partition coefficient (Wildman–Crippen LogP) is 2.48. The van der Waals surface area contributed by atoms with Crippen molar-refractivity contribution in [3.8, 4) is 5.75 Å². The number of carbonyl (C=O) groups excluding carboxylic acids is 1. The summed E-state index contributed by atoms with van der Waals surface area (Å²) in [6.45, 7) is 1.76. The quantitative estimate of drug-likeness (QED) is 0.846. The first-order valence-corrected chi connectivity index (χ1v) is 6.27. The lowest BCUT2D eigenvalue weighted by atomic mass is 10.1. The Hall–Kier alpha value is -2.34. The van der Waals surface area contributed by atoms with E-state index in [1.54, 1.807) is 31.2 Å². The van der Waals surface area contributed by atoms with Crippen molar-refractivity contribution in [1.82, 2.24) is 0 Å². The molecule has 2 aromatic rings. The number of nitrogens with one attached hydrogen (secondary N) is 1. The van der Waals surface area contributed by atoms with E-state index in [1.807, 2.05) is 0 Å². The lowest BCUT2D eigenvalue weighted by molar-refractivity contribution is 0.102. The SMILES string of the molecule is COc1cccc(C(N)=S)c1NC(=O)c1coc(C)c1. The van der Waals surface area contributed by atoms with E-state index in [0.29, 0.717) is 28.3 Å². The average Bonchev–Trinajstić information content (AvgIpc) is 2.85. The Bertz CT molecular complexity index is 664. The van der Waals surface area contributed by atoms with Gasteiger partial charge in [-0.2, -0.15) is 0 Å². The number of carbonyl (C=O) groups is 1. The molecule has 0 unspecified atom stereocenters. The first kappa shape index (κ1) is 14.1. The summed E-state index contributed by atoms with van der Waals surface area (Å²) in [4.78, 5) is 12.3. The molecule has 2 rings (SSSR count). The molecule has 104 valence electrons. The topological polar surface area (TPSA) is 77.5 Å². The molecule has 0 atom stereocenters. The van der Waals surface area contributed by atoms with Crippen molar-refractivity contribution >= 4 is 28.8 Å². The number of ether oxygens (including phenoxy) is 1. The van der Waals surface area contributed by atoms with Gasteiger partial charge in [0.05, 0.1) is 18.4 Å². The normalized spacial score (nSPS) is 10.1. The molecule has 1 amide bonds. The van der Waals surface area contributed by atoms with Crippen molar-refractivity contribution in [1.29, 1.82) is 0 Å². The number of furan rings is 1. The van der Waals surface area contributed by atoms with Crippen molar-refractivity contribution in [3.63, 3.8) is 0 Å². The summed E-state index contributed by atoms with van der Waals surface area (Å²) in [5.41, 5.74) is 7.08. The lowest BCUT2D eigenvalue weighted by Gasteiger charge is -2.13. The van der Waals surface area contributed by atoms with Crippen LogP contribution in [0.3, 0.4) is 0 Å². The van der Waals surface area contributed by atoms with E-state index in [4.69, 9.17) is 27.1 Å². The molecule has 0 spiro atoms. The van der Waals surface area contributed by atoms with Crippen LogP contribution in [-0.4, -0.2) is 18.0 Å². The van der Waals surface area contributed by atoms with Gasteiger partial charge in [-0.15, -0.1) is 0 Å². The fourth-order valence-electron chi connectivity index (χ4n) is 1.78. The number of nitrogens with two attached hydrogens (primary N) is 1. The van der Waals surface area contributed by atoms with Crippen molar-refractivity contribution in [2.24, 2.45) is 5.73 Å². The molecule has 1 aromatic carbocycles. The zero-order valence-corrected chi connectivity index (χ0v) is 11.9. The zero-order chi connectivity index (χ0) is 14.7. The van der Waals surface area contributed by atoms with Gasteiger partial charge in [0.25, 0.3) is 5.91 Å². The van der Waals surface area contributed by atoms with Crippen LogP contribution in [0.4, 0.5) is 5.69 Å². The molecule has 1 aromatic heterocycles. The average molecular weight is 290 g/mol. The van der Waals surface area contributed by atoms with Crippen LogP contribution in [-0.2, 0) is 0 Å². The third-order valence-electron chi connectivity index (χ3n) is 2.74. The van der Waals surface area contributed by atoms with E-state index in [2.05, 4.69) is 5.32 Å². The van der Waals surface area contributed by atoms with Gasteiger partial charge in [-0.3, -0.25) is 4.79 Å². The number of aryl methyl sites for hydroxylation is 1. The molecule has 6 heteroatoms. The van der Waals surface area contributed by atoms with Crippen LogP contribution in [0.1, 0.15) is 21.7 Å². The molecule has 1 heterocycles. The summed E-state index contributed by atoms with van der Waals surface area (Å²) >= 11 is 4.98. The van der Waals surface area contributed by atoms with Gasteiger partial charge < -0.3 is 20.2 Å². The van der Waals surface area contributed by atoms with Crippen LogP contribution in [0.5, 0.6) is 5.75 Å². The minimum Gasteiger partial charge on any atom is -0.495 e. The van der Waals surface area contributed by atoms with E-state index >= 15 is 0 Å². The van der Waals surface area contributed by atoms with E-state index in [1.165, 1.54) is 13.4 Å². The first-order valence-electron chi connectivity index (χ1n) is 5.86. The molecule has 0 radical (unpaired) electrons. The second-order valence-corrected chi connectivity index (χ2v) is 4.59. The Morgan fingerprint density at radius 2 is 2.20 bits per heavy atom. The molecule has 0 saturated heterocycles. The van der Waals surface area contributed by atoms with Crippen LogP contribution < -0.4 is 15.8 Å². The Morgan fingerprint density at radius 1 is 1.45 bits per heavy atom. The van der Waals surface area contributed by atoms with Crippen LogP contribution in [0.25, 0.3) is 0 Å². The Kier molecular flexibility index (Phi) is 4.05. The monoisotopic (exact) mass is 290 g/mol. The standard InChI is InChI=1S/C14H14N2O3S/c1-8-6-9(7-19-8)14(17)16-12-10(13(15)20)4-3-5-11(12)18-2/h3-7H,1-2H3,(H2,15,20)(H,16,17). The lowest BCUT2D eigenvalue weighted by Crippen LogP contribution is -2.18. The highest BCUT2D eigenvalue weighted by molar-refractivity contribution is 7.80. The number of amides is 1. The van der Waals surface area contributed by atoms with Gasteiger partial charge in [0, 0.05) is 5.56 Å². The van der Waals surface area contributed by atoms with Crippen LogP contribution in [0, 0.1) is 6.92 Å². The number of hydrogen-bond donors (Lipinski definition) is 2. The maximum Gasteiger partial charge on any atom is 0.259 e. The largest absolute Gasteiger partial charge is 0.495 e. The molecular weight excluding hydrogens is 276 g/mol. The summed E-state index contributed by atoms with van der Waals surface area (Å²) in [5, 5.41) is 2.75. The van der Waals surface area contributed by atoms with Crippen molar-refractivity contribution in [2.75, 3.05) is 12.4 Å². The van der Waals surface area contributed by atoms with E-state index in [0.717, 1.165) is 0 Å². The second-order valence-electron chi connectivity index (χ2n) is 4.15. The summed E-state index contributed by atoms with van der Waals surface area (Å²) in [6.07, 6.45) is 1.39. The van der Waals surface area contributed by atoms with Gasteiger partial charge in [-0.25, -0.2) is 0 Å². The highest BCUT2D eigenvalue weighted by Gasteiger charge is 2.16. The van der Waals surface area contributed by atoms with Crippen LogP contribution in [0.15, 0.2) is 34.9 Å². The number of thiocarbonyl (C=S) groups is 1. The number of anilines is 1. The van der Waals surface area contributed by atoms with E-state index < -0.39 is 0 Å². The minimum atomic E-state index is -0.316. The summed E-state index contributed by atoms with van der Waals surface area (Å²) in [6, 6.07) is 6.84. The first-order chi connectivity index (χ1) is 9.52. The molecule has 0 aliphatic heterocycles. The van der Waals surface area contributed by atoms with Crippen molar-refractivity contribution < 1.29 is 13.9 Å². The molecule has 3 N–H and O–H groups in total. The Balaban J connectivity index is 2.37. The number of rotatable bonds is 4. The van der Waals surface area contributed by atoms with Gasteiger partial charge in [-0.1, -0.05) is 18.3 Å². The third kappa shape index (κ3) is 2.80. The molecule has 0 bridgehead atoms. The van der Waals surface area contributed by atoms with Gasteiger partial charge in [0.15, 0.2) is 0 Å². The van der Waals surface area contributed by atoms with Gasteiger partial charge in [0.2, 0.25) is 0 Å². The Labute approximate surface area is 121 Å². The van der Waals surface area contributed by atoms with E-state index in [-0.39, 0.29) is 10.9 Å². The fourth-order valence-corrected chi connectivity index (χ4v) is 1.95. The minimum absolute atomic E-state index is 0.183. The zero-order valence-electron chi connectivity index (χ0n) is 11.1. The van der Waals surface area contributed by atoms with Gasteiger partial charge in [0.1, 0.15) is 22.8 Å². The molecule has 0 aliphatic rings. The summed E-state index contributed by atoms with van der Waals surface area (Å²) in [7, 11) is 1.51. The Morgan fingerprint density at radius 3 is 2.75 bits per heavy atom. The van der Waals surface area contributed by atoms with Crippen molar-refractivity contribution in [2.45, 2.75) is 6.92 Å². The van der Waals surface area contributed by atoms with Crippen molar-refractivity contribution in [3.05, 3.63) is 47.4 Å². The predicted molar refractivity (Wildman–Crippen MR) is 80.3 cm³/mol. The number of para-hydroxylation sites is 1. The molecule has 5 nitrogen and oxygen atoms in total. The maximum atomic E-state index is 12.2. The molecular formula is C14H14N2O3S. The summed E-state index contributed by atoms with van der Waals surface area (Å²) in [5.74, 6) is 0.831. The van der Waals surface area contributed by atoms with Crippen LogP contribution in [0.2, 0.25) is 0 Å². The highest BCUT2D eigenvalue weighted by Crippen LogP contribution is 2.29. The van der Waals surface area contributed by atoms with Gasteiger partial charge in [-0.05, 0) is 25.1 Å². The third-order valence-corrected chi connectivity index (χ3v) is 2.96. The number of benzene rings is 1. The van der Waals surface area contributed by atoms with Gasteiger partial charge >= 0.3 is 0 Å². The van der Waals surface area contributed by atoms with E-state index in [9.17, 15) is 4.79 Å². The summed E-state index contributed by atoms with van der Waals surface area (Å²) < 4.78 is 10.3. The number of methoxy groups -OCH3 is 1. The molecule has 0 saturated carbocycles. The maximum absolute atomic E-state index is 12.2. The smallest absolute Gasteiger partial charge is 0.259 e. The molecule has 20 heavy (non-hydrogen) atoms.